The number of ether oxygens (including phenoxy) is 6. The lowest BCUT2D eigenvalue weighted by molar-refractivity contribution is -0.349. The van der Waals surface area contributed by atoms with Crippen molar-refractivity contribution < 1.29 is 73.4 Å². The molecule has 1 amide bonds. The molecule has 2 saturated carbocycles. The summed E-state index contributed by atoms with van der Waals surface area (Å²) in [4.78, 5) is 39.8. The zero-order chi connectivity index (χ0) is 41.2. The van der Waals surface area contributed by atoms with Crippen LogP contribution in [-0.4, -0.2) is 141 Å². The Morgan fingerprint density at radius 3 is 2.28 bits per heavy atom. The molecule has 16 heteroatoms. The molecule has 15 atom stereocenters. The quantitative estimate of drug-likeness (QED) is 0.0708. The summed E-state index contributed by atoms with van der Waals surface area (Å²) in [5.74, 6) is -0.911. The molecule has 0 spiro atoms. The number of unbranched alkanes of at least 4 members (excludes halogenated alkanes) is 1. The second-order valence-electron chi connectivity index (χ2n) is 15.8. The lowest BCUT2D eigenvalue weighted by Crippen LogP contribution is -2.64. The minimum atomic E-state index is -1.67. The largest absolute Gasteiger partial charge is 0.479 e. The van der Waals surface area contributed by atoms with Crippen LogP contribution >= 0.6 is 0 Å². The summed E-state index contributed by atoms with van der Waals surface area (Å²) in [5.41, 5.74) is 0.137. The Balaban J connectivity index is 1.48. The molecule has 1 aromatic rings. The molecule has 318 valence electrons. The van der Waals surface area contributed by atoms with Crippen LogP contribution in [0.4, 0.5) is 0 Å². The van der Waals surface area contributed by atoms with E-state index in [2.05, 4.69) is 11.2 Å². The van der Waals surface area contributed by atoms with Gasteiger partial charge in [0.25, 0.3) is 0 Å². The number of hydrogen-bond acceptors (Lipinski definition) is 14. The predicted octanol–water partition coefficient (Wildman–Crippen LogP) is 1.27. The highest BCUT2D eigenvalue weighted by molar-refractivity contribution is 5.89. The van der Waals surface area contributed by atoms with Gasteiger partial charge >= 0.3 is 11.9 Å². The fraction of sp³-hybridized carbons (Fsp3) is 0.732. The topological polar surface area (TPSA) is 240 Å². The zero-order valence-corrected chi connectivity index (χ0v) is 32.5. The SMILES string of the molecule is C#CCCCNC(=O)C1CC(C)[C@@H](O[C@@H]2OC(C)[C@@H](O)C(O)C2O)[C@H](O[C@@H]2OC(CO)[C@H](O)C(O[C@@H](CC3CCCCC3)C(=O)O)C2OC(=O)c2ccccc2)C1. The molecule has 7 N–H and O–H groups in total. The number of aliphatic carboxylic acids is 1. The van der Waals surface area contributed by atoms with E-state index in [1.165, 1.54) is 19.1 Å². The summed E-state index contributed by atoms with van der Waals surface area (Å²) in [6.45, 7) is 2.90. The monoisotopic (exact) mass is 805 g/mol. The van der Waals surface area contributed by atoms with Gasteiger partial charge in [-0.15, -0.1) is 12.3 Å². The first kappa shape index (κ1) is 44.9. The normalized spacial score (nSPS) is 36.7. The third kappa shape index (κ3) is 11.5. The number of esters is 1. The molecule has 0 radical (unpaired) electrons. The molecule has 1 aromatic carbocycles. The van der Waals surface area contributed by atoms with E-state index < -0.39 is 110 Å². The summed E-state index contributed by atoms with van der Waals surface area (Å²) in [7, 11) is 0. The number of carbonyl (C=O) groups excluding carboxylic acids is 2. The van der Waals surface area contributed by atoms with Crippen LogP contribution in [0.1, 0.15) is 88.4 Å². The van der Waals surface area contributed by atoms with Crippen molar-refractivity contribution in [3.8, 4) is 12.3 Å². The van der Waals surface area contributed by atoms with Gasteiger partial charge in [-0.05, 0) is 56.6 Å². The van der Waals surface area contributed by atoms with E-state index >= 15 is 0 Å². The van der Waals surface area contributed by atoms with Crippen LogP contribution in [0.3, 0.4) is 0 Å². The lowest BCUT2D eigenvalue weighted by Gasteiger charge is -2.48. The smallest absolute Gasteiger partial charge is 0.338 e. The Hall–Kier alpha value is -3.21. The molecule has 4 fully saturated rings. The fourth-order valence-corrected chi connectivity index (χ4v) is 8.36. The van der Waals surface area contributed by atoms with Crippen molar-refractivity contribution >= 4 is 17.8 Å². The van der Waals surface area contributed by atoms with Gasteiger partial charge < -0.3 is 64.4 Å². The minimum Gasteiger partial charge on any atom is -0.479 e. The number of aliphatic hydroxyl groups excluding tert-OH is 5. The maximum Gasteiger partial charge on any atom is 0.338 e. The van der Waals surface area contributed by atoms with E-state index in [1.54, 1.807) is 25.1 Å². The second-order valence-corrected chi connectivity index (χ2v) is 15.8. The number of amides is 1. The van der Waals surface area contributed by atoms with Gasteiger partial charge in [-0.2, -0.15) is 0 Å². The molecule has 5 rings (SSSR count). The van der Waals surface area contributed by atoms with Crippen LogP contribution in [0.5, 0.6) is 0 Å². The number of carbonyl (C=O) groups is 3. The highest BCUT2D eigenvalue weighted by atomic mass is 16.7. The number of nitrogens with one attached hydrogen (secondary N) is 1. The zero-order valence-electron chi connectivity index (χ0n) is 32.5. The van der Waals surface area contributed by atoms with Crippen molar-refractivity contribution in [2.45, 2.75) is 158 Å². The number of benzene rings is 1. The van der Waals surface area contributed by atoms with Gasteiger partial charge in [-0.25, -0.2) is 9.59 Å². The molecule has 2 saturated heterocycles. The Morgan fingerprint density at radius 1 is 0.895 bits per heavy atom. The minimum absolute atomic E-state index is 0.00996. The number of terminal acetylenes is 1. The van der Waals surface area contributed by atoms with Gasteiger partial charge in [0, 0.05) is 18.9 Å². The number of rotatable bonds is 16. The van der Waals surface area contributed by atoms with Crippen LogP contribution in [-0.2, 0) is 38.0 Å². The van der Waals surface area contributed by atoms with Crippen LogP contribution in [0.2, 0.25) is 0 Å². The molecular formula is C41H59NO15. The molecule has 8 unspecified atom stereocenters. The van der Waals surface area contributed by atoms with E-state index in [-0.39, 0.29) is 30.2 Å². The molecule has 2 aliphatic carbocycles. The van der Waals surface area contributed by atoms with Crippen LogP contribution in [0.25, 0.3) is 0 Å². The number of carboxylic acids is 1. The first-order valence-corrected chi connectivity index (χ1v) is 20.1. The van der Waals surface area contributed by atoms with Crippen molar-refractivity contribution in [3.63, 3.8) is 0 Å². The number of hydrogen-bond donors (Lipinski definition) is 7. The first-order chi connectivity index (χ1) is 27.3. The van der Waals surface area contributed by atoms with Crippen molar-refractivity contribution in [1.82, 2.24) is 5.32 Å². The van der Waals surface area contributed by atoms with Crippen molar-refractivity contribution in [1.29, 1.82) is 0 Å². The Kier molecular flexibility index (Phi) is 16.7. The Labute approximate surface area is 333 Å². The van der Waals surface area contributed by atoms with Crippen LogP contribution in [0.15, 0.2) is 30.3 Å². The predicted molar refractivity (Wildman–Crippen MR) is 200 cm³/mol. The number of carboxylic acid groups (broad SMARTS) is 1. The van der Waals surface area contributed by atoms with E-state index in [0.29, 0.717) is 25.8 Å². The van der Waals surface area contributed by atoms with E-state index in [9.17, 15) is 45.0 Å². The number of aliphatic hydroxyl groups is 5. The summed E-state index contributed by atoms with van der Waals surface area (Å²) >= 11 is 0. The van der Waals surface area contributed by atoms with Gasteiger partial charge in [-0.1, -0.05) is 57.2 Å². The molecule has 16 nitrogen and oxygen atoms in total. The van der Waals surface area contributed by atoms with Gasteiger partial charge in [0.1, 0.15) is 36.6 Å². The van der Waals surface area contributed by atoms with Crippen LogP contribution < -0.4 is 5.32 Å². The Morgan fingerprint density at radius 2 is 1.61 bits per heavy atom. The lowest BCUT2D eigenvalue weighted by atomic mass is 9.77. The second kappa shape index (κ2) is 21.2. The summed E-state index contributed by atoms with van der Waals surface area (Å²) in [6.07, 6.45) is -6.83. The maximum absolute atomic E-state index is 13.7. The van der Waals surface area contributed by atoms with Gasteiger partial charge in [0.2, 0.25) is 5.91 Å². The van der Waals surface area contributed by atoms with Crippen molar-refractivity contribution in [3.05, 3.63) is 35.9 Å². The Bertz CT molecular complexity index is 1490. The van der Waals surface area contributed by atoms with E-state index in [0.717, 1.165) is 32.1 Å². The summed E-state index contributed by atoms with van der Waals surface area (Å²) < 4.78 is 37.0. The molecule has 2 aliphatic heterocycles. The summed E-state index contributed by atoms with van der Waals surface area (Å²) in [5, 5.41) is 66.9. The van der Waals surface area contributed by atoms with Gasteiger partial charge in [0.15, 0.2) is 24.8 Å². The highest BCUT2D eigenvalue weighted by Gasteiger charge is 2.53. The molecule has 4 aliphatic rings. The van der Waals surface area contributed by atoms with E-state index in [4.69, 9.17) is 34.8 Å². The molecule has 0 aromatic heterocycles. The maximum atomic E-state index is 13.7. The van der Waals surface area contributed by atoms with Crippen molar-refractivity contribution in [2.24, 2.45) is 17.8 Å². The molecule has 57 heavy (non-hydrogen) atoms. The molecule has 0 bridgehead atoms. The standard InChI is InChI=1S/C41H59NO15/c1-4-5-12-17-42-37(48)26-18-22(2)34(57-40-33(47)32(46)30(44)23(3)52-40)27(20-26)54-41-36(56-39(51)25-15-10-7-11-16-25)35(31(45)29(21-43)55-41)53-28(38(49)50)19-24-13-8-6-9-14-24/h1,7,10-11,15-16,22-24,26-36,40-41,43-47H,5-6,8-9,12-14,17-21H2,2-3H3,(H,42,48)(H,49,50)/t22?,23?,26?,27-,28+,29?,30-,31+,32?,33?,34-,35?,36?,40+,41-/m1/s1. The molecular weight excluding hydrogens is 746 g/mol. The third-order valence-electron chi connectivity index (χ3n) is 11.6. The van der Waals surface area contributed by atoms with Gasteiger partial charge in [-0.3, -0.25) is 4.79 Å². The highest BCUT2D eigenvalue weighted by Crippen LogP contribution is 2.39. The first-order valence-electron chi connectivity index (χ1n) is 20.1. The molecule has 2 heterocycles. The average Bonchev–Trinajstić information content (AvgIpc) is 3.20. The third-order valence-corrected chi connectivity index (χ3v) is 11.6. The summed E-state index contributed by atoms with van der Waals surface area (Å²) in [6, 6.07) is 7.97. The van der Waals surface area contributed by atoms with Gasteiger partial charge in [0.05, 0.1) is 30.5 Å². The average molecular weight is 806 g/mol. The van der Waals surface area contributed by atoms with Crippen molar-refractivity contribution in [2.75, 3.05) is 13.2 Å². The van der Waals surface area contributed by atoms with Crippen LogP contribution in [0, 0.1) is 30.1 Å². The fourth-order valence-electron chi connectivity index (χ4n) is 8.36. The van der Waals surface area contributed by atoms with E-state index in [1.807, 2.05) is 0 Å².